The number of halogens is 1. The van der Waals surface area contributed by atoms with Gasteiger partial charge in [0.2, 0.25) is 5.91 Å². The first-order chi connectivity index (χ1) is 13.7. The van der Waals surface area contributed by atoms with E-state index in [2.05, 4.69) is 27.3 Å². The fourth-order valence-corrected chi connectivity index (χ4v) is 4.50. The summed E-state index contributed by atoms with van der Waals surface area (Å²) in [4.78, 5) is 21.5. The topological polar surface area (TPSA) is 57.2 Å². The Morgan fingerprint density at radius 2 is 1.93 bits per heavy atom. The van der Waals surface area contributed by atoms with E-state index in [4.69, 9.17) is 16.3 Å². The smallest absolute Gasteiger partial charge is 0.225 e. The number of guanidine groups is 1. The van der Waals surface area contributed by atoms with Crippen molar-refractivity contribution in [1.29, 1.82) is 0 Å². The number of nitrogens with zero attached hydrogens (tertiary/aromatic N) is 3. The van der Waals surface area contributed by atoms with Gasteiger partial charge in [-0.25, -0.2) is 0 Å². The number of nitrogens with one attached hydrogen (secondary N) is 1. The van der Waals surface area contributed by atoms with Crippen molar-refractivity contribution in [3.05, 3.63) is 34.9 Å². The lowest BCUT2D eigenvalue weighted by atomic mass is 9.95. The standard InChI is InChI=1S/C21H29ClN4O2/c1-23-21(24-19-14-18(19)16-3-2-4-17(22)13-16)26-7-5-15(6-8-26)20(27)25-9-11-28-12-10-25/h2-4,13,15,18-19H,5-12,14H2,1H3,(H,23,24). The molecule has 0 aromatic heterocycles. The largest absolute Gasteiger partial charge is 0.378 e. The molecule has 2 unspecified atom stereocenters. The van der Waals surface area contributed by atoms with E-state index >= 15 is 0 Å². The summed E-state index contributed by atoms with van der Waals surface area (Å²) in [5.74, 6) is 1.88. The fourth-order valence-electron chi connectivity index (χ4n) is 4.30. The van der Waals surface area contributed by atoms with Crippen LogP contribution in [0, 0.1) is 5.92 Å². The molecule has 4 rings (SSSR count). The van der Waals surface area contributed by atoms with Gasteiger partial charge in [-0.05, 0) is 37.0 Å². The summed E-state index contributed by atoms with van der Waals surface area (Å²) >= 11 is 6.12. The lowest BCUT2D eigenvalue weighted by Crippen LogP contribution is -2.50. The zero-order valence-electron chi connectivity index (χ0n) is 16.4. The molecule has 2 saturated heterocycles. The van der Waals surface area contributed by atoms with Crippen LogP contribution in [0.25, 0.3) is 0 Å². The lowest BCUT2D eigenvalue weighted by molar-refractivity contribution is -0.140. The second-order valence-corrected chi connectivity index (χ2v) is 8.33. The number of carbonyl (C=O) groups is 1. The predicted octanol–water partition coefficient (Wildman–Crippen LogP) is 2.34. The van der Waals surface area contributed by atoms with Crippen molar-refractivity contribution < 1.29 is 9.53 Å². The molecule has 0 spiro atoms. The molecule has 7 heteroatoms. The number of rotatable bonds is 3. The molecular formula is C21H29ClN4O2. The monoisotopic (exact) mass is 404 g/mol. The van der Waals surface area contributed by atoms with Crippen LogP contribution in [0.4, 0.5) is 0 Å². The highest BCUT2D eigenvalue weighted by atomic mass is 35.5. The maximum Gasteiger partial charge on any atom is 0.225 e. The average Bonchev–Trinajstić information content (AvgIpc) is 3.52. The van der Waals surface area contributed by atoms with E-state index in [9.17, 15) is 4.79 Å². The molecule has 1 aromatic carbocycles. The summed E-state index contributed by atoms with van der Waals surface area (Å²) in [5, 5.41) is 4.40. The number of benzene rings is 1. The molecule has 1 saturated carbocycles. The number of piperidine rings is 1. The summed E-state index contributed by atoms with van der Waals surface area (Å²) in [7, 11) is 1.84. The lowest BCUT2D eigenvalue weighted by Gasteiger charge is -2.36. The molecule has 1 aromatic rings. The third-order valence-corrected chi connectivity index (χ3v) is 6.30. The van der Waals surface area contributed by atoms with Gasteiger partial charge in [-0.15, -0.1) is 0 Å². The van der Waals surface area contributed by atoms with Crippen molar-refractivity contribution in [2.24, 2.45) is 10.9 Å². The summed E-state index contributed by atoms with van der Waals surface area (Å²) in [6.07, 6.45) is 2.88. The molecule has 6 nitrogen and oxygen atoms in total. The fraction of sp³-hybridized carbons (Fsp3) is 0.619. The van der Waals surface area contributed by atoms with Crippen LogP contribution in [-0.4, -0.2) is 74.1 Å². The number of aliphatic imine (C=N–C) groups is 1. The van der Waals surface area contributed by atoms with Crippen molar-refractivity contribution in [2.45, 2.75) is 31.2 Å². The minimum atomic E-state index is 0.132. The highest BCUT2D eigenvalue weighted by molar-refractivity contribution is 6.30. The van der Waals surface area contributed by atoms with Crippen LogP contribution in [0.2, 0.25) is 5.02 Å². The minimum absolute atomic E-state index is 0.132. The van der Waals surface area contributed by atoms with Crippen LogP contribution in [-0.2, 0) is 9.53 Å². The highest BCUT2D eigenvalue weighted by Crippen LogP contribution is 2.41. The zero-order valence-corrected chi connectivity index (χ0v) is 17.2. The third-order valence-electron chi connectivity index (χ3n) is 6.06. The molecule has 2 aliphatic heterocycles. The molecule has 2 atom stereocenters. The van der Waals surface area contributed by atoms with Gasteiger partial charge in [0.1, 0.15) is 0 Å². The second-order valence-electron chi connectivity index (χ2n) is 7.89. The SMILES string of the molecule is CN=C(NC1CC1c1cccc(Cl)c1)N1CCC(C(=O)N2CCOCC2)CC1. The summed E-state index contributed by atoms with van der Waals surface area (Å²) in [6.45, 7) is 4.53. The van der Waals surface area contributed by atoms with Crippen LogP contribution < -0.4 is 5.32 Å². The number of ether oxygens (including phenoxy) is 1. The first-order valence-corrected chi connectivity index (χ1v) is 10.6. The molecule has 0 radical (unpaired) electrons. The van der Waals surface area contributed by atoms with Crippen LogP contribution >= 0.6 is 11.6 Å². The molecule has 0 bridgehead atoms. The van der Waals surface area contributed by atoms with Gasteiger partial charge in [0.15, 0.2) is 5.96 Å². The molecular weight excluding hydrogens is 376 g/mol. The third kappa shape index (κ3) is 4.44. The second kappa shape index (κ2) is 8.70. The molecule has 2 heterocycles. The molecule has 1 N–H and O–H groups in total. The van der Waals surface area contributed by atoms with Gasteiger partial charge in [-0.2, -0.15) is 0 Å². The summed E-state index contributed by atoms with van der Waals surface area (Å²) in [6, 6.07) is 8.53. The Morgan fingerprint density at radius 1 is 1.18 bits per heavy atom. The Balaban J connectivity index is 1.27. The van der Waals surface area contributed by atoms with E-state index in [1.165, 1.54) is 5.56 Å². The van der Waals surface area contributed by atoms with Crippen molar-refractivity contribution in [1.82, 2.24) is 15.1 Å². The number of likely N-dealkylation sites (tertiary alicyclic amines) is 1. The van der Waals surface area contributed by atoms with Gasteiger partial charge in [0, 0.05) is 56.1 Å². The van der Waals surface area contributed by atoms with Gasteiger partial charge < -0.3 is 19.9 Å². The molecule has 3 fully saturated rings. The van der Waals surface area contributed by atoms with Crippen molar-refractivity contribution in [3.63, 3.8) is 0 Å². The Morgan fingerprint density at radius 3 is 2.61 bits per heavy atom. The van der Waals surface area contributed by atoms with E-state index in [1.54, 1.807) is 0 Å². The first-order valence-electron chi connectivity index (χ1n) is 10.3. The van der Waals surface area contributed by atoms with Crippen LogP contribution in [0.15, 0.2) is 29.3 Å². The van der Waals surface area contributed by atoms with Crippen molar-refractivity contribution in [3.8, 4) is 0 Å². The normalized spacial score (nSPS) is 26.3. The van der Waals surface area contributed by atoms with Gasteiger partial charge in [0.05, 0.1) is 13.2 Å². The number of hydrogen-bond acceptors (Lipinski definition) is 3. The maximum absolute atomic E-state index is 12.7. The molecule has 152 valence electrons. The average molecular weight is 405 g/mol. The van der Waals surface area contributed by atoms with Gasteiger partial charge in [-0.3, -0.25) is 9.79 Å². The van der Waals surface area contributed by atoms with Crippen molar-refractivity contribution >= 4 is 23.5 Å². The molecule has 1 aliphatic carbocycles. The zero-order chi connectivity index (χ0) is 19.5. The number of hydrogen-bond donors (Lipinski definition) is 1. The van der Waals surface area contributed by atoms with Crippen LogP contribution in [0.3, 0.4) is 0 Å². The van der Waals surface area contributed by atoms with Crippen LogP contribution in [0.1, 0.15) is 30.7 Å². The van der Waals surface area contributed by atoms with E-state index in [1.807, 2.05) is 24.1 Å². The van der Waals surface area contributed by atoms with Gasteiger partial charge in [-0.1, -0.05) is 23.7 Å². The molecule has 1 amide bonds. The summed E-state index contributed by atoms with van der Waals surface area (Å²) < 4.78 is 5.36. The predicted molar refractivity (Wildman–Crippen MR) is 111 cm³/mol. The summed E-state index contributed by atoms with van der Waals surface area (Å²) in [5.41, 5.74) is 1.29. The van der Waals surface area contributed by atoms with E-state index in [0.717, 1.165) is 56.4 Å². The Kier molecular flexibility index (Phi) is 6.07. The van der Waals surface area contributed by atoms with Crippen molar-refractivity contribution in [2.75, 3.05) is 46.4 Å². The number of carbonyl (C=O) groups excluding carboxylic acids is 1. The Hall–Kier alpha value is -1.79. The highest BCUT2D eigenvalue weighted by Gasteiger charge is 2.40. The van der Waals surface area contributed by atoms with E-state index in [-0.39, 0.29) is 5.92 Å². The number of morpholine rings is 1. The number of amides is 1. The van der Waals surface area contributed by atoms with E-state index < -0.39 is 0 Å². The van der Waals surface area contributed by atoms with Crippen LogP contribution in [0.5, 0.6) is 0 Å². The minimum Gasteiger partial charge on any atom is -0.378 e. The first kappa shape index (κ1) is 19.5. The Labute approximate surface area is 171 Å². The van der Waals surface area contributed by atoms with Gasteiger partial charge >= 0.3 is 0 Å². The molecule has 3 aliphatic rings. The maximum atomic E-state index is 12.7. The Bertz CT molecular complexity index is 727. The quantitative estimate of drug-likeness (QED) is 0.620. The van der Waals surface area contributed by atoms with E-state index in [0.29, 0.717) is 31.1 Å². The van der Waals surface area contributed by atoms with Gasteiger partial charge in [0.25, 0.3) is 0 Å². The molecule has 28 heavy (non-hydrogen) atoms.